The van der Waals surface area contributed by atoms with E-state index in [9.17, 15) is 14.0 Å². The second kappa shape index (κ2) is 3.46. The predicted molar refractivity (Wildman–Crippen MR) is 51.5 cm³/mol. The van der Waals surface area contributed by atoms with Crippen LogP contribution >= 0.6 is 0 Å². The Hall–Kier alpha value is -1.71. The summed E-state index contributed by atoms with van der Waals surface area (Å²) in [7, 11) is 1.42. The van der Waals surface area contributed by atoms with E-state index >= 15 is 0 Å². The van der Waals surface area contributed by atoms with E-state index in [0.717, 1.165) is 4.90 Å². The van der Waals surface area contributed by atoms with Gasteiger partial charge in [-0.25, -0.2) is 4.39 Å². The molecule has 3 nitrogen and oxygen atoms in total. The van der Waals surface area contributed by atoms with Crippen LogP contribution in [-0.2, 0) is 9.59 Å². The van der Waals surface area contributed by atoms with E-state index in [0.29, 0.717) is 5.56 Å². The molecule has 1 heterocycles. The Morgan fingerprint density at radius 3 is 2.53 bits per heavy atom. The van der Waals surface area contributed by atoms with Crippen LogP contribution in [0, 0.1) is 5.82 Å². The van der Waals surface area contributed by atoms with Gasteiger partial charge >= 0.3 is 0 Å². The van der Waals surface area contributed by atoms with Crippen molar-refractivity contribution in [2.24, 2.45) is 0 Å². The first-order valence-electron chi connectivity index (χ1n) is 4.66. The molecule has 0 saturated carbocycles. The minimum atomic E-state index is -0.649. The van der Waals surface area contributed by atoms with Crippen molar-refractivity contribution >= 4 is 11.8 Å². The van der Waals surface area contributed by atoms with Gasteiger partial charge in [0.1, 0.15) is 5.82 Å². The molecule has 0 radical (unpaired) electrons. The maximum atomic E-state index is 13.4. The Morgan fingerprint density at radius 1 is 1.33 bits per heavy atom. The Bertz CT molecular complexity index is 430. The molecule has 0 N–H and O–H groups in total. The lowest BCUT2D eigenvalue weighted by molar-refractivity contribution is -0.137. The van der Waals surface area contributed by atoms with Crippen molar-refractivity contribution in [2.75, 3.05) is 7.05 Å². The van der Waals surface area contributed by atoms with Gasteiger partial charge in [0.05, 0.1) is 5.92 Å². The standard InChI is InChI=1S/C11H10FNO2/c1-13-10(14)6-8(11(13)15)7-4-2-3-5-9(7)12/h2-5,8H,6H2,1H3/t8-/m1/s1. The molecule has 1 aliphatic rings. The van der Waals surface area contributed by atoms with Crippen molar-refractivity contribution in [3.05, 3.63) is 35.6 Å². The van der Waals surface area contributed by atoms with Gasteiger partial charge in [-0.1, -0.05) is 18.2 Å². The monoisotopic (exact) mass is 207 g/mol. The van der Waals surface area contributed by atoms with Crippen LogP contribution in [0.5, 0.6) is 0 Å². The summed E-state index contributed by atoms with van der Waals surface area (Å²) in [5, 5.41) is 0. The fourth-order valence-corrected chi connectivity index (χ4v) is 1.76. The van der Waals surface area contributed by atoms with E-state index in [4.69, 9.17) is 0 Å². The van der Waals surface area contributed by atoms with Crippen LogP contribution in [0.25, 0.3) is 0 Å². The largest absolute Gasteiger partial charge is 0.285 e. The van der Waals surface area contributed by atoms with E-state index < -0.39 is 11.7 Å². The third-order valence-corrected chi connectivity index (χ3v) is 2.66. The van der Waals surface area contributed by atoms with Crippen molar-refractivity contribution in [1.82, 2.24) is 4.90 Å². The quantitative estimate of drug-likeness (QED) is 0.651. The van der Waals surface area contributed by atoms with E-state index in [-0.39, 0.29) is 18.2 Å². The lowest BCUT2D eigenvalue weighted by atomic mass is 9.97. The van der Waals surface area contributed by atoms with Gasteiger partial charge in [0.15, 0.2) is 0 Å². The molecule has 1 aromatic rings. The topological polar surface area (TPSA) is 37.4 Å². The molecule has 2 rings (SSSR count). The van der Waals surface area contributed by atoms with Crippen molar-refractivity contribution in [3.63, 3.8) is 0 Å². The van der Waals surface area contributed by atoms with E-state index in [2.05, 4.69) is 0 Å². The minimum absolute atomic E-state index is 0.0657. The molecule has 2 amide bonds. The van der Waals surface area contributed by atoms with Gasteiger partial charge in [0.25, 0.3) is 0 Å². The van der Waals surface area contributed by atoms with Crippen LogP contribution in [0.4, 0.5) is 4.39 Å². The highest BCUT2D eigenvalue weighted by Gasteiger charge is 2.38. The van der Waals surface area contributed by atoms with E-state index in [1.165, 1.54) is 13.1 Å². The summed E-state index contributed by atoms with van der Waals surface area (Å²) in [6.45, 7) is 0. The maximum absolute atomic E-state index is 13.4. The summed E-state index contributed by atoms with van der Waals surface area (Å²) >= 11 is 0. The molecule has 1 saturated heterocycles. The second-order valence-corrected chi connectivity index (χ2v) is 3.57. The fraction of sp³-hybridized carbons (Fsp3) is 0.273. The van der Waals surface area contributed by atoms with Crippen LogP contribution in [-0.4, -0.2) is 23.8 Å². The molecule has 4 heteroatoms. The number of nitrogens with zero attached hydrogens (tertiary/aromatic N) is 1. The molecule has 1 aromatic carbocycles. The first-order valence-corrected chi connectivity index (χ1v) is 4.66. The minimum Gasteiger partial charge on any atom is -0.285 e. The van der Waals surface area contributed by atoms with Crippen molar-refractivity contribution < 1.29 is 14.0 Å². The molecule has 1 aliphatic heterocycles. The highest BCUT2D eigenvalue weighted by atomic mass is 19.1. The zero-order valence-corrected chi connectivity index (χ0v) is 8.24. The first-order chi connectivity index (χ1) is 7.11. The Morgan fingerprint density at radius 2 is 2.00 bits per heavy atom. The SMILES string of the molecule is CN1C(=O)C[C@H](c2ccccc2F)C1=O. The van der Waals surface area contributed by atoms with Gasteiger partial charge in [-0.15, -0.1) is 0 Å². The number of halogens is 1. The number of benzene rings is 1. The van der Waals surface area contributed by atoms with Crippen LogP contribution in [0.2, 0.25) is 0 Å². The Balaban J connectivity index is 2.38. The zero-order chi connectivity index (χ0) is 11.0. The molecule has 15 heavy (non-hydrogen) atoms. The molecular formula is C11H10FNO2. The number of likely N-dealkylation sites (N-methyl/N-ethyl adjacent to an activating group) is 1. The summed E-state index contributed by atoms with van der Waals surface area (Å²) in [6, 6.07) is 6.06. The highest BCUT2D eigenvalue weighted by Crippen LogP contribution is 2.29. The molecule has 0 aliphatic carbocycles. The number of hydrogen-bond donors (Lipinski definition) is 0. The molecule has 1 atom stereocenters. The maximum Gasteiger partial charge on any atom is 0.237 e. The average Bonchev–Trinajstić information content (AvgIpc) is 2.47. The summed E-state index contributed by atoms with van der Waals surface area (Å²) in [5.74, 6) is -1.67. The van der Waals surface area contributed by atoms with Gasteiger partial charge < -0.3 is 0 Å². The van der Waals surface area contributed by atoms with Gasteiger partial charge in [0.2, 0.25) is 11.8 Å². The normalized spacial score (nSPS) is 21.2. The smallest absolute Gasteiger partial charge is 0.237 e. The number of carbonyl (C=O) groups excluding carboxylic acids is 2. The summed E-state index contributed by atoms with van der Waals surface area (Å²) in [4.78, 5) is 23.9. The molecular weight excluding hydrogens is 197 g/mol. The number of likely N-dealkylation sites (tertiary alicyclic amines) is 1. The van der Waals surface area contributed by atoms with Crippen molar-refractivity contribution in [3.8, 4) is 0 Å². The van der Waals surface area contributed by atoms with Crippen LogP contribution in [0.15, 0.2) is 24.3 Å². The Labute approximate surface area is 86.5 Å². The second-order valence-electron chi connectivity index (χ2n) is 3.57. The average molecular weight is 207 g/mol. The summed E-state index contributed by atoms with van der Waals surface area (Å²) in [5.41, 5.74) is 0.306. The summed E-state index contributed by atoms with van der Waals surface area (Å²) in [6.07, 6.45) is 0.0657. The number of carbonyl (C=O) groups is 2. The Kier molecular flexibility index (Phi) is 2.26. The molecule has 78 valence electrons. The number of amides is 2. The van der Waals surface area contributed by atoms with Gasteiger partial charge in [-0.2, -0.15) is 0 Å². The molecule has 0 unspecified atom stereocenters. The van der Waals surface area contributed by atoms with Gasteiger partial charge in [0, 0.05) is 19.0 Å². The van der Waals surface area contributed by atoms with Crippen LogP contribution < -0.4 is 0 Å². The number of hydrogen-bond acceptors (Lipinski definition) is 2. The van der Waals surface area contributed by atoms with E-state index in [1.807, 2.05) is 0 Å². The zero-order valence-electron chi connectivity index (χ0n) is 8.24. The van der Waals surface area contributed by atoms with Gasteiger partial charge in [-0.05, 0) is 6.07 Å². The van der Waals surface area contributed by atoms with Crippen LogP contribution in [0.3, 0.4) is 0 Å². The summed E-state index contributed by atoms with van der Waals surface area (Å²) < 4.78 is 13.4. The molecule has 0 spiro atoms. The number of imide groups is 1. The van der Waals surface area contributed by atoms with Crippen molar-refractivity contribution in [1.29, 1.82) is 0 Å². The molecule has 0 aromatic heterocycles. The van der Waals surface area contributed by atoms with E-state index in [1.54, 1.807) is 18.2 Å². The molecule has 0 bridgehead atoms. The van der Waals surface area contributed by atoms with Gasteiger partial charge in [-0.3, -0.25) is 14.5 Å². The predicted octanol–water partition coefficient (Wildman–Crippen LogP) is 1.30. The lowest BCUT2D eigenvalue weighted by Crippen LogP contribution is -2.25. The first kappa shape index (κ1) is 9.83. The highest BCUT2D eigenvalue weighted by molar-refractivity contribution is 6.05. The lowest BCUT2D eigenvalue weighted by Gasteiger charge is -2.09. The number of rotatable bonds is 1. The van der Waals surface area contributed by atoms with Crippen LogP contribution in [0.1, 0.15) is 17.9 Å². The fourth-order valence-electron chi connectivity index (χ4n) is 1.76. The third-order valence-electron chi connectivity index (χ3n) is 2.66. The third kappa shape index (κ3) is 1.52. The van der Waals surface area contributed by atoms with Crippen molar-refractivity contribution in [2.45, 2.75) is 12.3 Å². The molecule has 1 fully saturated rings.